The highest BCUT2D eigenvalue weighted by atomic mass is 35.5. The van der Waals surface area contributed by atoms with Gasteiger partial charge in [-0.3, -0.25) is 9.59 Å². The molecule has 1 saturated heterocycles. The van der Waals surface area contributed by atoms with Crippen LogP contribution in [0.3, 0.4) is 0 Å². The van der Waals surface area contributed by atoms with Crippen molar-refractivity contribution in [3.8, 4) is 0 Å². The monoisotopic (exact) mass is 472 g/mol. The van der Waals surface area contributed by atoms with Crippen molar-refractivity contribution in [1.29, 1.82) is 0 Å². The van der Waals surface area contributed by atoms with Crippen molar-refractivity contribution in [2.24, 2.45) is 17.3 Å². The van der Waals surface area contributed by atoms with Gasteiger partial charge in [-0.1, -0.05) is 38.3 Å². The Kier molecular flexibility index (Phi) is 7.78. The Morgan fingerprint density at radius 1 is 1.28 bits per heavy atom. The van der Waals surface area contributed by atoms with Crippen molar-refractivity contribution >= 4 is 23.4 Å². The van der Waals surface area contributed by atoms with Crippen LogP contribution in [0.2, 0.25) is 5.02 Å². The molecule has 1 aliphatic heterocycles. The molecular formula is C23H31ClF2N2O4. The first kappa shape index (κ1) is 24.9. The van der Waals surface area contributed by atoms with Crippen molar-refractivity contribution in [2.75, 3.05) is 19.7 Å². The summed E-state index contributed by atoms with van der Waals surface area (Å²) in [5.41, 5.74) is -0.535. The average molecular weight is 473 g/mol. The summed E-state index contributed by atoms with van der Waals surface area (Å²) in [4.78, 5) is 27.3. The van der Waals surface area contributed by atoms with Gasteiger partial charge in [-0.25, -0.2) is 8.78 Å². The van der Waals surface area contributed by atoms with E-state index < -0.39 is 40.3 Å². The van der Waals surface area contributed by atoms with Gasteiger partial charge in [-0.2, -0.15) is 0 Å². The molecule has 1 heterocycles. The van der Waals surface area contributed by atoms with Gasteiger partial charge in [0, 0.05) is 37.1 Å². The zero-order valence-corrected chi connectivity index (χ0v) is 19.2. The highest BCUT2D eigenvalue weighted by molar-refractivity contribution is 6.31. The highest BCUT2D eigenvalue weighted by Gasteiger charge is 2.40. The summed E-state index contributed by atoms with van der Waals surface area (Å²) in [7, 11) is 0. The molecule has 1 aliphatic carbocycles. The van der Waals surface area contributed by atoms with E-state index in [1.54, 1.807) is 0 Å². The van der Waals surface area contributed by atoms with E-state index in [9.17, 15) is 28.6 Å². The van der Waals surface area contributed by atoms with Gasteiger partial charge < -0.3 is 20.4 Å². The minimum absolute atomic E-state index is 0.0799. The zero-order chi connectivity index (χ0) is 23.6. The quantitative estimate of drug-likeness (QED) is 0.574. The van der Waals surface area contributed by atoms with E-state index in [0.29, 0.717) is 6.42 Å². The van der Waals surface area contributed by atoms with Crippen LogP contribution in [0.25, 0.3) is 0 Å². The van der Waals surface area contributed by atoms with E-state index in [1.807, 2.05) is 0 Å². The highest BCUT2D eigenvalue weighted by Crippen LogP contribution is 2.40. The third kappa shape index (κ3) is 5.07. The lowest BCUT2D eigenvalue weighted by molar-refractivity contribution is -0.144. The molecule has 1 aromatic rings. The number of carbonyl (C=O) groups is 2. The van der Waals surface area contributed by atoms with Gasteiger partial charge in [-0.15, -0.1) is 0 Å². The Balaban J connectivity index is 1.72. The number of aliphatic hydroxyl groups excluding tert-OH is 2. The number of rotatable bonds is 5. The number of amides is 2. The van der Waals surface area contributed by atoms with E-state index >= 15 is 0 Å². The number of hydrogen-bond donors (Lipinski definition) is 3. The van der Waals surface area contributed by atoms with Gasteiger partial charge in [0.15, 0.2) is 11.9 Å². The Labute approximate surface area is 191 Å². The minimum atomic E-state index is -1.85. The van der Waals surface area contributed by atoms with Crippen molar-refractivity contribution in [2.45, 2.75) is 58.1 Å². The SMILES string of the molecule is CC1(C)CCCCC1C(=O)N[C@@H]1CN(C(=O)C(O)c2ccc(F)c(Cl)c2F)CC[C@H]1CO. The molecule has 3 N–H and O–H groups in total. The number of aliphatic hydroxyl groups is 2. The molecule has 178 valence electrons. The van der Waals surface area contributed by atoms with Gasteiger partial charge >= 0.3 is 0 Å². The molecule has 32 heavy (non-hydrogen) atoms. The van der Waals surface area contributed by atoms with Gasteiger partial charge in [0.1, 0.15) is 10.8 Å². The molecule has 2 fully saturated rings. The normalized spacial score (nSPS) is 26.5. The zero-order valence-electron chi connectivity index (χ0n) is 18.4. The van der Waals surface area contributed by atoms with E-state index in [-0.39, 0.29) is 42.9 Å². The molecule has 0 aromatic heterocycles. The molecule has 2 amide bonds. The molecule has 3 rings (SSSR count). The maximum atomic E-state index is 14.3. The number of nitrogens with zero attached hydrogens (tertiary/aromatic N) is 1. The third-order valence-corrected chi connectivity index (χ3v) is 7.39. The lowest BCUT2D eigenvalue weighted by Gasteiger charge is -2.42. The van der Waals surface area contributed by atoms with Crippen LogP contribution in [-0.2, 0) is 9.59 Å². The van der Waals surface area contributed by atoms with Crippen molar-refractivity contribution in [3.05, 3.63) is 34.4 Å². The fourth-order valence-electron chi connectivity index (χ4n) is 4.90. The number of piperidine rings is 1. The standard InChI is InChI=1S/C23H31ClF2N2O4/c1-23(2)9-4-3-5-15(23)21(31)27-17-11-28(10-8-13(17)12-29)22(32)20(30)14-6-7-16(25)18(24)19(14)26/h6-7,13,15,17,20,29-30H,3-5,8-12H2,1-2H3,(H,27,31)/t13-,15?,17+,20?/m0/s1. The predicted octanol–water partition coefficient (Wildman–Crippen LogP) is 3.19. The first-order valence-electron chi connectivity index (χ1n) is 11.1. The summed E-state index contributed by atoms with van der Waals surface area (Å²) in [6.07, 6.45) is 2.39. The minimum Gasteiger partial charge on any atom is -0.396 e. The van der Waals surface area contributed by atoms with E-state index in [0.717, 1.165) is 37.8 Å². The number of hydrogen-bond acceptors (Lipinski definition) is 4. The van der Waals surface area contributed by atoms with E-state index in [2.05, 4.69) is 19.2 Å². The molecule has 0 spiro atoms. The molecule has 6 nitrogen and oxygen atoms in total. The Bertz CT molecular complexity index is 867. The summed E-state index contributed by atoms with van der Waals surface area (Å²) in [6, 6.07) is 1.39. The molecule has 9 heteroatoms. The first-order chi connectivity index (χ1) is 15.1. The number of benzene rings is 1. The lowest BCUT2D eigenvalue weighted by atomic mass is 9.68. The number of halogens is 3. The maximum absolute atomic E-state index is 14.3. The number of nitrogens with one attached hydrogen (secondary N) is 1. The van der Waals surface area contributed by atoms with Crippen LogP contribution < -0.4 is 5.32 Å². The summed E-state index contributed by atoms with van der Waals surface area (Å²) in [5.74, 6) is -3.40. The van der Waals surface area contributed by atoms with Crippen LogP contribution in [0.4, 0.5) is 8.78 Å². The first-order valence-corrected chi connectivity index (χ1v) is 11.5. The summed E-state index contributed by atoms with van der Waals surface area (Å²) in [6.45, 7) is 4.33. The lowest BCUT2D eigenvalue weighted by Crippen LogP contribution is -2.57. The van der Waals surface area contributed by atoms with E-state index in [4.69, 9.17) is 11.6 Å². The van der Waals surface area contributed by atoms with Crippen molar-refractivity contribution in [1.82, 2.24) is 10.2 Å². The largest absolute Gasteiger partial charge is 0.396 e. The fraction of sp³-hybridized carbons (Fsp3) is 0.652. The van der Waals surface area contributed by atoms with Crippen LogP contribution in [-0.4, -0.2) is 52.7 Å². The summed E-state index contributed by atoms with van der Waals surface area (Å²) < 4.78 is 27.7. The Morgan fingerprint density at radius 3 is 2.66 bits per heavy atom. The molecule has 2 aliphatic rings. The molecule has 1 saturated carbocycles. The van der Waals surface area contributed by atoms with Crippen molar-refractivity contribution < 1.29 is 28.6 Å². The summed E-state index contributed by atoms with van der Waals surface area (Å²) >= 11 is 5.57. The summed E-state index contributed by atoms with van der Waals surface area (Å²) in [5, 5.41) is 22.5. The van der Waals surface area contributed by atoms with Gasteiger partial charge in [-0.05, 0) is 36.8 Å². The van der Waals surface area contributed by atoms with E-state index in [1.165, 1.54) is 4.90 Å². The fourth-order valence-corrected chi connectivity index (χ4v) is 5.08. The third-order valence-electron chi connectivity index (χ3n) is 7.05. The second-order valence-corrected chi connectivity index (χ2v) is 9.96. The van der Waals surface area contributed by atoms with Gasteiger partial charge in [0.05, 0.1) is 6.04 Å². The van der Waals surface area contributed by atoms with Gasteiger partial charge in [0.25, 0.3) is 5.91 Å². The topological polar surface area (TPSA) is 89.9 Å². The van der Waals surface area contributed by atoms with Crippen LogP contribution in [0.1, 0.15) is 57.6 Å². The Morgan fingerprint density at radius 2 is 2.00 bits per heavy atom. The van der Waals surface area contributed by atoms with Crippen LogP contribution >= 0.6 is 11.6 Å². The smallest absolute Gasteiger partial charge is 0.256 e. The van der Waals surface area contributed by atoms with Crippen LogP contribution in [0.15, 0.2) is 12.1 Å². The second kappa shape index (κ2) is 10.0. The number of carbonyl (C=O) groups excluding carboxylic acids is 2. The second-order valence-electron chi connectivity index (χ2n) is 9.58. The number of likely N-dealkylation sites (tertiary alicyclic amines) is 1. The molecular weight excluding hydrogens is 442 g/mol. The van der Waals surface area contributed by atoms with Crippen LogP contribution in [0, 0.1) is 28.9 Å². The predicted molar refractivity (Wildman–Crippen MR) is 116 cm³/mol. The molecule has 2 unspecified atom stereocenters. The van der Waals surface area contributed by atoms with Crippen LogP contribution in [0.5, 0.6) is 0 Å². The molecule has 4 atom stereocenters. The maximum Gasteiger partial charge on any atom is 0.256 e. The van der Waals surface area contributed by atoms with Gasteiger partial charge in [0.2, 0.25) is 5.91 Å². The Hall–Kier alpha value is -1.77. The molecule has 1 aromatic carbocycles. The molecule has 0 radical (unpaired) electrons. The average Bonchev–Trinajstić information content (AvgIpc) is 2.76. The molecule has 0 bridgehead atoms. The van der Waals surface area contributed by atoms with Crippen molar-refractivity contribution in [3.63, 3.8) is 0 Å².